The highest BCUT2D eigenvalue weighted by molar-refractivity contribution is 5.72. The van der Waals surface area contributed by atoms with Crippen LogP contribution < -0.4 is 26.8 Å². The smallest absolute Gasteiger partial charge is 0.126 e. The summed E-state index contributed by atoms with van der Waals surface area (Å²) in [7, 11) is 1.83. The van der Waals surface area contributed by atoms with Gasteiger partial charge in [0.1, 0.15) is 5.75 Å². The Morgan fingerprint density at radius 3 is 2.62 bits per heavy atom. The van der Waals surface area contributed by atoms with Crippen LogP contribution in [0.25, 0.3) is 11.4 Å². The third kappa shape index (κ3) is 2.40. The summed E-state index contributed by atoms with van der Waals surface area (Å²) in [6.45, 7) is 0.753. The summed E-state index contributed by atoms with van der Waals surface area (Å²) in [5.74, 6) is 0.250. The van der Waals surface area contributed by atoms with Gasteiger partial charge in [0.2, 0.25) is 0 Å². The normalized spacial score (nSPS) is 14.1. The Kier molecular flexibility index (Phi) is 3.44. The van der Waals surface area contributed by atoms with Crippen LogP contribution in [0.5, 0.6) is 5.75 Å². The number of hydrogen-bond donors (Lipinski definition) is 4. The average molecular weight is 281 g/mol. The lowest BCUT2D eigenvalue weighted by molar-refractivity contribution is 0.473. The van der Waals surface area contributed by atoms with Crippen LogP contribution in [0.4, 0.5) is 5.69 Å². The van der Waals surface area contributed by atoms with Crippen molar-refractivity contribution in [1.82, 2.24) is 5.32 Å². The fourth-order valence-corrected chi connectivity index (χ4v) is 2.67. The number of hydrogen-bond acceptors (Lipinski definition) is 4. The van der Waals surface area contributed by atoms with E-state index in [0.29, 0.717) is 0 Å². The number of benzene rings is 2. The Labute approximate surface area is 123 Å². The van der Waals surface area contributed by atoms with Gasteiger partial charge < -0.3 is 21.5 Å². The van der Waals surface area contributed by atoms with Crippen LogP contribution in [-0.2, 0) is 0 Å². The molecule has 0 saturated heterocycles. The van der Waals surface area contributed by atoms with E-state index in [2.05, 4.69) is 10.6 Å². The van der Waals surface area contributed by atoms with E-state index in [0.717, 1.165) is 46.0 Å². The van der Waals surface area contributed by atoms with E-state index in [9.17, 15) is 5.11 Å². The highest BCUT2D eigenvalue weighted by atomic mass is 16.3. The largest absolute Gasteiger partial charge is 0.507 e. The molecule has 0 spiro atoms. The van der Waals surface area contributed by atoms with Gasteiger partial charge >= 0.3 is 0 Å². The fraction of sp³-hybridized carbons (Fsp3) is 0.176. The number of phenolic OH excluding ortho intramolecular Hbond substituents is 1. The van der Waals surface area contributed by atoms with Crippen LogP contribution in [-0.4, -0.2) is 18.7 Å². The van der Waals surface area contributed by atoms with Crippen molar-refractivity contribution in [1.29, 1.82) is 0 Å². The SMILES string of the molecule is CNc1ccc(C2=c3ccccc3=C(N)CCN2)c(O)c1. The molecule has 2 aromatic rings. The summed E-state index contributed by atoms with van der Waals surface area (Å²) in [6.07, 6.45) is 0.788. The second-order valence-electron chi connectivity index (χ2n) is 5.10. The Balaban J connectivity index is 2.32. The van der Waals surface area contributed by atoms with Crippen LogP contribution in [0.1, 0.15) is 12.0 Å². The Bertz CT molecular complexity index is 796. The van der Waals surface area contributed by atoms with Gasteiger partial charge in [-0.25, -0.2) is 0 Å². The Morgan fingerprint density at radius 1 is 1.14 bits per heavy atom. The molecule has 0 radical (unpaired) electrons. The van der Waals surface area contributed by atoms with E-state index in [1.54, 1.807) is 6.07 Å². The summed E-state index contributed by atoms with van der Waals surface area (Å²) in [5, 5.41) is 18.8. The Morgan fingerprint density at radius 2 is 1.90 bits per heavy atom. The van der Waals surface area contributed by atoms with Gasteiger partial charge in [-0.05, 0) is 12.1 Å². The second kappa shape index (κ2) is 5.40. The molecule has 2 aromatic carbocycles. The summed E-state index contributed by atoms with van der Waals surface area (Å²) >= 11 is 0. The van der Waals surface area contributed by atoms with Crippen molar-refractivity contribution in [2.75, 3.05) is 18.9 Å². The number of phenols is 1. The van der Waals surface area contributed by atoms with Crippen LogP contribution in [0.3, 0.4) is 0 Å². The van der Waals surface area contributed by atoms with Crippen molar-refractivity contribution >= 4 is 17.1 Å². The maximum Gasteiger partial charge on any atom is 0.126 e. The van der Waals surface area contributed by atoms with E-state index in [1.165, 1.54) is 0 Å². The van der Waals surface area contributed by atoms with Crippen LogP contribution >= 0.6 is 0 Å². The minimum absolute atomic E-state index is 0.250. The molecule has 0 unspecified atom stereocenters. The van der Waals surface area contributed by atoms with E-state index in [-0.39, 0.29) is 5.75 Å². The van der Waals surface area contributed by atoms with Gasteiger partial charge in [0.15, 0.2) is 0 Å². The number of aromatic hydroxyl groups is 1. The van der Waals surface area contributed by atoms with E-state index >= 15 is 0 Å². The van der Waals surface area contributed by atoms with Gasteiger partial charge in [-0.3, -0.25) is 0 Å². The molecular formula is C17H19N3O. The van der Waals surface area contributed by atoms with E-state index < -0.39 is 0 Å². The highest BCUT2D eigenvalue weighted by Crippen LogP contribution is 2.25. The molecule has 1 heterocycles. The molecular weight excluding hydrogens is 262 g/mol. The molecule has 1 aliphatic rings. The molecule has 5 N–H and O–H groups in total. The fourth-order valence-electron chi connectivity index (χ4n) is 2.67. The van der Waals surface area contributed by atoms with Crippen molar-refractivity contribution in [3.8, 4) is 5.75 Å². The first kappa shape index (κ1) is 13.4. The zero-order valence-electron chi connectivity index (χ0n) is 12.0. The number of nitrogens with one attached hydrogen (secondary N) is 2. The predicted octanol–water partition coefficient (Wildman–Crippen LogP) is 0.651. The molecule has 0 bridgehead atoms. The van der Waals surface area contributed by atoms with Crippen molar-refractivity contribution in [3.63, 3.8) is 0 Å². The quantitative estimate of drug-likeness (QED) is 0.652. The van der Waals surface area contributed by atoms with Gasteiger partial charge in [0, 0.05) is 53.5 Å². The minimum Gasteiger partial charge on any atom is -0.507 e. The molecule has 0 atom stereocenters. The molecule has 108 valence electrons. The monoisotopic (exact) mass is 281 g/mol. The molecule has 0 aliphatic carbocycles. The van der Waals surface area contributed by atoms with Crippen LogP contribution in [0, 0.1) is 0 Å². The van der Waals surface area contributed by atoms with Gasteiger partial charge in [-0.2, -0.15) is 0 Å². The van der Waals surface area contributed by atoms with Crippen molar-refractivity contribution in [2.45, 2.75) is 6.42 Å². The van der Waals surface area contributed by atoms with E-state index in [1.807, 2.05) is 43.4 Å². The van der Waals surface area contributed by atoms with Gasteiger partial charge in [0.05, 0.1) is 5.70 Å². The molecule has 4 nitrogen and oxygen atoms in total. The minimum atomic E-state index is 0.250. The zero-order valence-corrected chi connectivity index (χ0v) is 12.0. The van der Waals surface area contributed by atoms with Gasteiger partial charge in [0.25, 0.3) is 0 Å². The summed E-state index contributed by atoms with van der Waals surface area (Å²) < 4.78 is 0. The van der Waals surface area contributed by atoms with Gasteiger partial charge in [-0.1, -0.05) is 24.3 Å². The van der Waals surface area contributed by atoms with Crippen molar-refractivity contribution in [2.24, 2.45) is 5.73 Å². The van der Waals surface area contributed by atoms with Gasteiger partial charge in [-0.15, -0.1) is 0 Å². The molecule has 4 heteroatoms. The topological polar surface area (TPSA) is 70.3 Å². The Hall–Kier alpha value is -2.62. The standard InChI is InChI=1S/C17H19N3O/c1-19-11-6-7-14(16(21)10-11)17-13-5-3-2-4-12(13)15(18)8-9-20-17/h2-7,10,19-21H,8-9,18H2,1H3. The number of fused-ring (bicyclic) bond motifs is 1. The lowest BCUT2D eigenvalue weighted by Gasteiger charge is -2.12. The van der Waals surface area contributed by atoms with E-state index in [4.69, 9.17) is 5.73 Å². The third-order valence-electron chi connectivity index (χ3n) is 3.79. The van der Waals surface area contributed by atoms with Crippen molar-refractivity contribution in [3.05, 3.63) is 58.5 Å². The number of rotatable bonds is 2. The zero-order chi connectivity index (χ0) is 14.8. The maximum absolute atomic E-state index is 10.3. The first-order valence-electron chi connectivity index (χ1n) is 7.03. The second-order valence-corrected chi connectivity index (χ2v) is 5.10. The van der Waals surface area contributed by atoms with Crippen LogP contribution in [0.15, 0.2) is 42.5 Å². The summed E-state index contributed by atoms with van der Waals surface area (Å²) in [5.41, 5.74) is 9.63. The molecule has 21 heavy (non-hydrogen) atoms. The molecule has 0 aromatic heterocycles. The highest BCUT2D eigenvalue weighted by Gasteiger charge is 2.12. The van der Waals surface area contributed by atoms with Crippen LogP contribution in [0.2, 0.25) is 0 Å². The molecule has 1 aliphatic heterocycles. The van der Waals surface area contributed by atoms with Crippen molar-refractivity contribution < 1.29 is 5.11 Å². The maximum atomic E-state index is 10.3. The summed E-state index contributed by atoms with van der Waals surface area (Å²) in [4.78, 5) is 0. The summed E-state index contributed by atoms with van der Waals surface area (Å²) in [6, 6.07) is 13.6. The predicted molar refractivity (Wildman–Crippen MR) is 86.1 cm³/mol. The first-order valence-corrected chi connectivity index (χ1v) is 7.03. The number of anilines is 1. The third-order valence-corrected chi connectivity index (χ3v) is 3.79. The molecule has 0 fully saturated rings. The number of nitrogens with two attached hydrogens (primary N) is 1. The molecule has 3 rings (SSSR count). The lowest BCUT2D eigenvalue weighted by Crippen LogP contribution is -2.32. The lowest BCUT2D eigenvalue weighted by atomic mass is 10.1. The molecule has 0 amide bonds. The molecule has 0 saturated carbocycles. The average Bonchev–Trinajstić information content (AvgIpc) is 2.67. The first-order chi connectivity index (χ1) is 10.2.